The van der Waals surface area contributed by atoms with Crippen molar-refractivity contribution in [2.75, 3.05) is 18.0 Å². The lowest BCUT2D eigenvalue weighted by Gasteiger charge is -2.23. The Kier molecular flexibility index (Phi) is 5.55. The molecule has 118 valence electrons. The minimum atomic E-state index is -4.60. The minimum Gasteiger partial charge on any atom is -0.372 e. The third-order valence-electron chi connectivity index (χ3n) is 3.60. The average molecular weight is 321 g/mol. The van der Waals surface area contributed by atoms with Gasteiger partial charge in [0.1, 0.15) is 0 Å². The second-order valence-electron chi connectivity index (χ2n) is 5.10. The van der Waals surface area contributed by atoms with Crippen molar-refractivity contribution in [3.8, 4) is 0 Å². The molecule has 0 unspecified atom stereocenters. The molecular formula is C17H20FNO2S. The van der Waals surface area contributed by atoms with Crippen LogP contribution >= 0.6 is 0 Å². The van der Waals surface area contributed by atoms with E-state index in [1.165, 1.54) is 17.8 Å². The van der Waals surface area contributed by atoms with Crippen LogP contribution in [-0.2, 0) is 16.6 Å². The van der Waals surface area contributed by atoms with E-state index in [1.54, 1.807) is 12.1 Å². The summed E-state index contributed by atoms with van der Waals surface area (Å²) in [5.41, 5.74) is 2.21. The molecule has 5 heteroatoms. The van der Waals surface area contributed by atoms with Crippen molar-refractivity contribution >= 4 is 15.9 Å². The van der Waals surface area contributed by atoms with Gasteiger partial charge in [0.25, 0.3) is 0 Å². The summed E-state index contributed by atoms with van der Waals surface area (Å²) in [5.74, 6) is 0. The van der Waals surface area contributed by atoms with Crippen LogP contribution in [0.1, 0.15) is 18.9 Å². The summed E-state index contributed by atoms with van der Waals surface area (Å²) in [7, 11) is -4.60. The standard InChI is InChI=1S/C17H20FNO2S/c1-2-19(16-8-4-3-5-9-16)14-6-7-15-10-12-17(13-11-15)22(18,20)21/h3-5,8-13H,2,6-7,14H2,1H3. The third-order valence-corrected chi connectivity index (χ3v) is 4.44. The van der Waals surface area contributed by atoms with Crippen molar-refractivity contribution in [2.45, 2.75) is 24.7 Å². The summed E-state index contributed by atoms with van der Waals surface area (Å²) in [6, 6.07) is 16.2. The largest absolute Gasteiger partial charge is 0.372 e. The number of nitrogens with zero attached hydrogens (tertiary/aromatic N) is 1. The van der Waals surface area contributed by atoms with Gasteiger partial charge in [-0.1, -0.05) is 30.3 Å². The quantitative estimate of drug-likeness (QED) is 0.728. The fraction of sp³-hybridized carbons (Fsp3) is 0.294. The fourth-order valence-corrected chi connectivity index (χ4v) is 2.86. The third kappa shape index (κ3) is 4.56. The second kappa shape index (κ2) is 7.40. The monoisotopic (exact) mass is 321 g/mol. The van der Waals surface area contributed by atoms with Gasteiger partial charge in [-0.2, -0.15) is 8.42 Å². The second-order valence-corrected chi connectivity index (χ2v) is 6.45. The van der Waals surface area contributed by atoms with Gasteiger partial charge >= 0.3 is 10.2 Å². The lowest BCUT2D eigenvalue weighted by atomic mass is 10.1. The van der Waals surface area contributed by atoms with Gasteiger partial charge in [-0.3, -0.25) is 0 Å². The normalized spacial score (nSPS) is 11.4. The van der Waals surface area contributed by atoms with Crippen LogP contribution in [0.15, 0.2) is 59.5 Å². The lowest BCUT2D eigenvalue weighted by Crippen LogP contribution is -2.24. The van der Waals surface area contributed by atoms with E-state index in [0.717, 1.165) is 31.5 Å². The molecule has 0 saturated carbocycles. The predicted molar refractivity (Wildman–Crippen MR) is 87.4 cm³/mol. The van der Waals surface area contributed by atoms with Crippen molar-refractivity contribution < 1.29 is 12.3 Å². The molecule has 0 heterocycles. The Balaban J connectivity index is 1.90. The molecule has 0 radical (unpaired) electrons. The highest BCUT2D eigenvalue weighted by atomic mass is 32.3. The van der Waals surface area contributed by atoms with Crippen LogP contribution in [-0.4, -0.2) is 21.5 Å². The smallest absolute Gasteiger partial charge is 0.332 e. The van der Waals surface area contributed by atoms with Crippen molar-refractivity contribution in [3.63, 3.8) is 0 Å². The van der Waals surface area contributed by atoms with Gasteiger partial charge in [-0.15, -0.1) is 3.89 Å². The molecule has 3 nitrogen and oxygen atoms in total. The molecule has 0 aliphatic carbocycles. The first-order valence-electron chi connectivity index (χ1n) is 7.34. The maximum atomic E-state index is 12.8. The van der Waals surface area contributed by atoms with Crippen LogP contribution < -0.4 is 4.90 Å². The summed E-state index contributed by atoms with van der Waals surface area (Å²) in [4.78, 5) is 2.01. The number of hydrogen-bond acceptors (Lipinski definition) is 3. The summed E-state index contributed by atoms with van der Waals surface area (Å²) >= 11 is 0. The molecule has 2 aromatic rings. The van der Waals surface area contributed by atoms with E-state index in [-0.39, 0.29) is 4.90 Å². The Hall–Kier alpha value is -1.88. The number of aryl methyl sites for hydroxylation is 1. The van der Waals surface area contributed by atoms with Gasteiger partial charge in [-0.25, -0.2) is 0 Å². The zero-order valence-corrected chi connectivity index (χ0v) is 13.4. The van der Waals surface area contributed by atoms with Crippen LogP contribution in [0.3, 0.4) is 0 Å². The molecule has 0 amide bonds. The summed E-state index contributed by atoms with van der Waals surface area (Å²) in [5, 5.41) is 0. The number of anilines is 1. The molecular weight excluding hydrogens is 301 g/mol. The highest BCUT2D eigenvalue weighted by Gasteiger charge is 2.10. The first kappa shape index (κ1) is 16.5. The zero-order chi connectivity index (χ0) is 16.0. The molecule has 0 aliphatic rings. The SMILES string of the molecule is CCN(CCCc1ccc(S(=O)(=O)F)cc1)c1ccccc1. The minimum absolute atomic E-state index is 0.282. The molecule has 2 aromatic carbocycles. The Morgan fingerprint density at radius 2 is 1.64 bits per heavy atom. The van der Waals surface area contributed by atoms with Gasteiger partial charge in [-0.05, 0) is 49.6 Å². The lowest BCUT2D eigenvalue weighted by molar-refractivity contribution is 0.552. The van der Waals surface area contributed by atoms with Crippen molar-refractivity contribution in [3.05, 3.63) is 60.2 Å². The summed E-state index contributed by atoms with van der Waals surface area (Å²) in [6.07, 6.45) is 1.78. The summed E-state index contributed by atoms with van der Waals surface area (Å²) in [6.45, 7) is 3.97. The van der Waals surface area contributed by atoms with E-state index in [0.29, 0.717) is 0 Å². The van der Waals surface area contributed by atoms with Gasteiger partial charge in [0.05, 0.1) is 4.90 Å². The number of rotatable bonds is 7. The van der Waals surface area contributed by atoms with E-state index in [2.05, 4.69) is 24.0 Å². The van der Waals surface area contributed by atoms with E-state index in [9.17, 15) is 12.3 Å². The number of benzene rings is 2. The van der Waals surface area contributed by atoms with Crippen LogP contribution in [0.4, 0.5) is 9.57 Å². The van der Waals surface area contributed by atoms with Gasteiger partial charge in [0, 0.05) is 18.8 Å². The molecule has 0 N–H and O–H groups in total. The maximum absolute atomic E-state index is 12.8. The van der Waals surface area contributed by atoms with Crippen LogP contribution in [0, 0.1) is 0 Å². The van der Waals surface area contributed by atoms with Crippen LogP contribution in [0.5, 0.6) is 0 Å². The first-order valence-corrected chi connectivity index (χ1v) is 8.72. The highest BCUT2D eigenvalue weighted by Crippen LogP contribution is 2.16. The molecule has 22 heavy (non-hydrogen) atoms. The van der Waals surface area contributed by atoms with E-state index < -0.39 is 10.2 Å². The van der Waals surface area contributed by atoms with Gasteiger partial charge in [0.15, 0.2) is 0 Å². The molecule has 0 saturated heterocycles. The van der Waals surface area contributed by atoms with E-state index >= 15 is 0 Å². The first-order chi connectivity index (χ1) is 10.5. The highest BCUT2D eigenvalue weighted by molar-refractivity contribution is 7.86. The fourth-order valence-electron chi connectivity index (χ4n) is 2.40. The van der Waals surface area contributed by atoms with Crippen molar-refractivity contribution in [1.82, 2.24) is 0 Å². The van der Waals surface area contributed by atoms with Crippen molar-refractivity contribution in [2.24, 2.45) is 0 Å². The molecule has 2 rings (SSSR count). The molecule has 0 aliphatic heterocycles. The Morgan fingerprint density at radius 1 is 1.00 bits per heavy atom. The Morgan fingerprint density at radius 3 is 2.18 bits per heavy atom. The Bertz CT molecular complexity index is 684. The summed E-state index contributed by atoms with van der Waals surface area (Å²) < 4.78 is 34.3. The van der Waals surface area contributed by atoms with Gasteiger partial charge in [0.2, 0.25) is 0 Å². The predicted octanol–water partition coefficient (Wildman–Crippen LogP) is 3.80. The van der Waals surface area contributed by atoms with Crippen molar-refractivity contribution in [1.29, 1.82) is 0 Å². The van der Waals surface area contributed by atoms with E-state index in [4.69, 9.17) is 0 Å². The number of halogens is 1. The average Bonchev–Trinajstić information content (AvgIpc) is 2.52. The van der Waals surface area contributed by atoms with Gasteiger partial charge < -0.3 is 4.90 Å². The molecule has 0 bridgehead atoms. The number of hydrogen-bond donors (Lipinski definition) is 0. The topological polar surface area (TPSA) is 37.4 Å². The Labute approximate surface area is 131 Å². The zero-order valence-electron chi connectivity index (χ0n) is 12.6. The molecule has 0 atom stereocenters. The molecule has 0 spiro atoms. The number of para-hydroxylation sites is 1. The maximum Gasteiger partial charge on any atom is 0.332 e. The van der Waals surface area contributed by atoms with E-state index in [1.807, 2.05) is 18.2 Å². The molecule has 0 fully saturated rings. The van der Waals surface area contributed by atoms with Crippen LogP contribution in [0.25, 0.3) is 0 Å². The molecule has 0 aromatic heterocycles. The van der Waals surface area contributed by atoms with Crippen LogP contribution in [0.2, 0.25) is 0 Å².